The van der Waals surface area contributed by atoms with Crippen LogP contribution in [0.25, 0.3) is 0 Å². The molecule has 0 spiro atoms. The minimum absolute atomic E-state index is 0.357. The molecule has 0 aliphatic heterocycles. The molecule has 0 heterocycles. The number of amides is 1. The number of nitrogens with one attached hydrogen (secondary N) is 1. The maximum absolute atomic E-state index is 13.5. The predicted molar refractivity (Wildman–Crippen MR) is 88.2 cm³/mol. The van der Waals surface area contributed by atoms with Crippen LogP contribution in [0.5, 0.6) is 11.5 Å². The number of ether oxygens (including phenoxy) is 2. The summed E-state index contributed by atoms with van der Waals surface area (Å²) in [5.41, 5.74) is 1.45. The van der Waals surface area contributed by atoms with Crippen LogP contribution in [0.15, 0.2) is 36.4 Å². The van der Waals surface area contributed by atoms with Crippen molar-refractivity contribution in [3.63, 3.8) is 0 Å². The molecule has 0 aliphatic rings. The Kier molecular flexibility index (Phi) is 5.05. The number of hydrogen-bond acceptors (Lipinski definition) is 4. The van der Waals surface area contributed by atoms with Crippen LogP contribution in [0, 0.1) is 5.82 Å². The molecular formula is C17H19FN2O3. The van der Waals surface area contributed by atoms with Gasteiger partial charge in [-0.3, -0.25) is 4.79 Å². The summed E-state index contributed by atoms with van der Waals surface area (Å²) in [6, 6.07) is 9.09. The molecule has 0 unspecified atom stereocenters. The Hall–Kier alpha value is -2.76. The third-order valence-electron chi connectivity index (χ3n) is 3.30. The van der Waals surface area contributed by atoms with Crippen molar-refractivity contribution in [1.82, 2.24) is 0 Å². The van der Waals surface area contributed by atoms with Crippen molar-refractivity contribution in [2.45, 2.75) is 0 Å². The van der Waals surface area contributed by atoms with E-state index in [0.29, 0.717) is 28.4 Å². The monoisotopic (exact) mass is 318 g/mol. The van der Waals surface area contributed by atoms with Crippen LogP contribution in [0.2, 0.25) is 0 Å². The van der Waals surface area contributed by atoms with E-state index < -0.39 is 5.82 Å². The largest absolute Gasteiger partial charge is 0.497 e. The molecule has 5 nitrogen and oxygen atoms in total. The molecule has 0 aromatic heterocycles. The molecule has 23 heavy (non-hydrogen) atoms. The molecular weight excluding hydrogens is 299 g/mol. The summed E-state index contributed by atoms with van der Waals surface area (Å²) in [4.78, 5) is 14.3. The number of nitrogens with zero attached hydrogens (tertiary/aromatic N) is 1. The Labute approximate surface area is 134 Å². The van der Waals surface area contributed by atoms with Gasteiger partial charge in [-0.25, -0.2) is 4.39 Å². The highest BCUT2D eigenvalue weighted by Gasteiger charge is 2.13. The molecule has 0 saturated heterocycles. The average Bonchev–Trinajstić information content (AvgIpc) is 2.53. The molecule has 0 atom stereocenters. The standard InChI is InChI=1S/C17H19FN2O3/c1-20(2)16-6-5-12(18)9-15(16)19-17(21)11-7-13(22-3)10-14(8-11)23-4/h5-10H,1-4H3,(H,19,21). The molecule has 1 N–H and O–H groups in total. The van der Waals surface area contributed by atoms with Gasteiger partial charge in [0.2, 0.25) is 0 Å². The van der Waals surface area contributed by atoms with Crippen LogP contribution in [0.1, 0.15) is 10.4 Å². The second-order valence-corrected chi connectivity index (χ2v) is 5.11. The van der Waals surface area contributed by atoms with Crippen LogP contribution < -0.4 is 19.7 Å². The number of carbonyl (C=O) groups is 1. The first-order valence-corrected chi connectivity index (χ1v) is 6.96. The summed E-state index contributed by atoms with van der Waals surface area (Å²) < 4.78 is 23.8. The van der Waals surface area contributed by atoms with Crippen molar-refractivity contribution in [2.24, 2.45) is 0 Å². The Morgan fingerprint density at radius 2 is 1.65 bits per heavy atom. The number of halogens is 1. The van der Waals surface area contributed by atoms with Crippen LogP contribution >= 0.6 is 0 Å². The van der Waals surface area contributed by atoms with E-state index in [1.165, 1.54) is 26.4 Å². The van der Waals surface area contributed by atoms with E-state index in [1.54, 1.807) is 29.2 Å². The molecule has 2 aromatic carbocycles. The zero-order valence-electron chi connectivity index (χ0n) is 13.5. The first-order valence-electron chi connectivity index (χ1n) is 6.96. The summed E-state index contributed by atoms with van der Waals surface area (Å²) in [6.07, 6.45) is 0. The molecule has 2 aromatic rings. The first kappa shape index (κ1) is 16.6. The number of carbonyl (C=O) groups excluding carboxylic acids is 1. The lowest BCUT2D eigenvalue weighted by Crippen LogP contribution is -2.17. The number of anilines is 2. The number of hydrogen-bond donors (Lipinski definition) is 1. The molecule has 2 rings (SSSR count). The van der Waals surface area contributed by atoms with E-state index in [9.17, 15) is 9.18 Å². The molecule has 1 amide bonds. The zero-order chi connectivity index (χ0) is 17.0. The normalized spacial score (nSPS) is 10.1. The second-order valence-electron chi connectivity index (χ2n) is 5.11. The van der Waals surface area contributed by atoms with E-state index in [-0.39, 0.29) is 5.91 Å². The highest BCUT2D eigenvalue weighted by molar-refractivity contribution is 6.06. The topological polar surface area (TPSA) is 50.8 Å². The van der Waals surface area contributed by atoms with Gasteiger partial charge < -0.3 is 19.7 Å². The van der Waals surface area contributed by atoms with Crippen LogP contribution in [-0.4, -0.2) is 34.2 Å². The summed E-state index contributed by atoms with van der Waals surface area (Å²) >= 11 is 0. The zero-order valence-corrected chi connectivity index (χ0v) is 13.5. The minimum Gasteiger partial charge on any atom is -0.497 e. The fraction of sp³-hybridized carbons (Fsp3) is 0.235. The van der Waals surface area contributed by atoms with Gasteiger partial charge in [-0.2, -0.15) is 0 Å². The van der Waals surface area contributed by atoms with Crippen LogP contribution in [0.4, 0.5) is 15.8 Å². The van der Waals surface area contributed by atoms with E-state index in [4.69, 9.17) is 9.47 Å². The quantitative estimate of drug-likeness (QED) is 0.920. The molecule has 122 valence electrons. The smallest absolute Gasteiger partial charge is 0.255 e. The summed E-state index contributed by atoms with van der Waals surface area (Å²) in [5.74, 6) is 0.202. The van der Waals surface area contributed by atoms with Crippen molar-refractivity contribution >= 4 is 17.3 Å². The van der Waals surface area contributed by atoms with Gasteiger partial charge in [-0.15, -0.1) is 0 Å². The fourth-order valence-electron chi connectivity index (χ4n) is 2.13. The Morgan fingerprint density at radius 1 is 1.04 bits per heavy atom. The Balaban J connectivity index is 2.34. The van der Waals surface area contributed by atoms with Gasteiger partial charge in [-0.05, 0) is 30.3 Å². The van der Waals surface area contributed by atoms with Gasteiger partial charge >= 0.3 is 0 Å². The number of methoxy groups -OCH3 is 2. The maximum atomic E-state index is 13.5. The maximum Gasteiger partial charge on any atom is 0.255 e. The molecule has 0 radical (unpaired) electrons. The SMILES string of the molecule is COc1cc(OC)cc(C(=O)Nc2cc(F)ccc2N(C)C)c1. The Bertz CT molecular complexity index is 695. The van der Waals surface area contributed by atoms with Gasteiger partial charge in [0.25, 0.3) is 5.91 Å². The van der Waals surface area contributed by atoms with Gasteiger partial charge in [0.05, 0.1) is 25.6 Å². The van der Waals surface area contributed by atoms with Crippen LogP contribution in [0.3, 0.4) is 0 Å². The average molecular weight is 318 g/mol. The minimum atomic E-state index is -0.422. The van der Waals surface area contributed by atoms with E-state index in [1.807, 2.05) is 14.1 Å². The second kappa shape index (κ2) is 7.00. The van der Waals surface area contributed by atoms with Crippen molar-refractivity contribution in [3.8, 4) is 11.5 Å². The van der Waals surface area contributed by atoms with E-state index >= 15 is 0 Å². The lowest BCUT2D eigenvalue weighted by atomic mass is 10.1. The van der Waals surface area contributed by atoms with Crippen molar-refractivity contribution < 1.29 is 18.7 Å². The molecule has 6 heteroatoms. The Morgan fingerprint density at radius 3 is 2.17 bits per heavy atom. The van der Waals surface area contributed by atoms with Gasteiger partial charge in [0.1, 0.15) is 17.3 Å². The third-order valence-corrected chi connectivity index (χ3v) is 3.30. The molecule has 0 fully saturated rings. The molecule has 0 saturated carbocycles. The molecule has 0 aliphatic carbocycles. The lowest BCUT2D eigenvalue weighted by Gasteiger charge is -2.18. The van der Waals surface area contributed by atoms with E-state index in [0.717, 1.165) is 0 Å². The highest BCUT2D eigenvalue weighted by atomic mass is 19.1. The van der Waals surface area contributed by atoms with E-state index in [2.05, 4.69) is 5.32 Å². The summed E-state index contributed by atoms with van der Waals surface area (Å²) in [7, 11) is 6.65. The van der Waals surface area contributed by atoms with Gasteiger partial charge in [-0.1, -0.05) is 0 Å². The van der Waals surface area contributed by atoms with Gasteiger partial charge in [0, 0.05) is 25.7 Å². The summed E-state index contributed by atoms with van der Waals surface area (Å²) in [6.45, 7) is 0. The predicted octanol–water partition coefficient (Wildman–Crippen LogP) is 3.16. The number of rotatable bonds is 5. The summed E-state index contributed by atoms with van der Waals surface area (Å²) in [5, 5.41) is 2.72. The van der Waals surface area contributed by atoms with Crippen molar-refractivity contribution in [1.29, 1.82) is 0 Å². The van der Waals surface area contributed by atoms with Crippen LogP contribution in [-0.2, 0) is 0 Å². The lowest BCUT2D eigenvalue weighted by molar-refractivity contribution is 0.102. The first-order chi connectivity index (χ1) is 10.9. The highest BCUT2D eigenvalue weighted by Crippen LogP contribution is 2.27. The molecule has 0 bridgehead atoms. The number of benzene rings is 2. The van der Waals surface area contributed by atoms with Gasteiger partial charge in [0.15, 0.2) is 0 Å². The third kappa shape index (κ3) is 3.91. The fourth-order valence-corrected chi connectivity index (χ4v) is 2.13. The van der Waals surface area contributed by atoms with Crippen molar-refractivity contribution in [2.75, 3.05) is 38.5 Å². The van der Waals surface area contributed by atoms with Crippen molar-refractivity contribution in [3.05, 3.63) is 47.8 Å².